The van der Waals surface area contributed by atoms with Gasteiger partial charge in [-0.15, -0.1) is 0 Å². The van der Waals surface area contributed by atoms with Crippen LogP contribution >= 0.6 is 15.9 Å². The van der Waals surface area contributed by atoms with Gasteiger partial charge in [-0.3, -0.25) is 4.90 Å². The maximum absolute atomic E-state index is 13.4. The van der Waals surface area contributed by atoms with Gasteiger partial charge in [0.15, 0.2) is 9.84 Å². The summed E-state index contributed by atoms with van der Waals surface area (Å²) in [5, 5.41) is 0. The third-order valence-electron chi connectivity index (χ3n) is 3.18. The second-order valence-corrected chi connectivity index (χ2v) is 7.77. The third kappa shape index (κ3) is 3.30. The first-order valence-corrected chi connectivity index (χ1v) is 8.37. The van der Waals surface area contributed by atoms with Gasteiger partial charge < -0.3 is 0 Å². The number of nitrogens with zero attached hydrogens (tertiary/aromatic N) is 1. The van der Waals surface area contributed by atoms with Crippen LogP contribution in [0.4, 0.5) is 4.39 Å². The lowest BCUT2D eigenvalue weighted by atomic mass is 10.2. The molecule has 6 heteroatoms. The van der Waals surface area contributed by atoms with E-state index in [0.29, 0.717) is 17.6 Å². The number of hydrogen-bond donors (Lipinski definition) is 0. The number of halogens is 2. The lowest BCUT2D eigenvalue weighted by Gasteiger charge is -2.33. The molecule has 1 atom stereocenters. The average Bonchev–Trinajstić information content (AvgIpc) is 2.27. The van der Waals surface area contributed by atoms with E-state index in [4.69, 9.17) is 0 Å². The first kappa shape index (κ1) is 14.0. The van der Waals surface area contributed by atoms with Gasteiger partial charge in [0, 0.05) is 19.1 Å². The van der Waals surface area contributed by atoms with Crippen LogP contribution in [-0.4, -0.2) is 37.4 Å². The molecule has 2 rings (SSSR count). The Morgan fingerprint density at radius 1 is 1.50 bits per heavy atom. The molecular formula is C12H15BrFNO2S. The molecule has 18 heavy (non-hydrogen) atoms. The highest BCUT2D eigenvalue weighted by molar-refractivity contribution is 9.10. The van der Waals surface area contributed by atoms with Crippen molar-refractivity contribution in [1.82, 2.24) is 4.90 Å². The highest BCUT2D eigenvalue weighted by Gasteiger charge is 2.27. The molecule has 0 unspecified atom stereocenters. The quantitative estimate of drug-likeness (QED) is 0.831. The first-order valence-electron chi connectivity index (χ1n) is 5.76. The lowest BCUT2D eigenvalue weighted by Crippen LogP contribution is -2.46. The standard InChI is InChI=1S/C12H15BrFNO2S/c1-9-8-18(16,17)5-4-15(9)7-10-2-3-11(13)12(14)6-10/h2-3,6,9H,4-5,7-8H2,1H3/t9-/m0/s1. The van der Waals surface area contributed by atoms with Crippen LogP contribution in [0.15, 0.2) is 22.7 Å². The van der Waals surface area contributed by atoms with Crippen LogP contribution < -0.4 is 0 Å². The fourth-order valence-electron chi connectivity index (χ4n) is 2.14. The Balaban J connectivity index is 2.08. The van der Waals surface area contributed by atoms with Crippen LogP contribution in [0.3, 0.4) is 0 Å². The molecule has 1 aliphatic heterocycles. The minimum absolute atomic E-state index is 0.0181. The van der Waals surface area contributed by atoms with Crippen LogP contribution in [0.5, 0.6) is 0 Å². The largest absolute Gasteiger partial charge is 0.294 e. The number of sulfone groups is 1. The van der Waals surface area contributed by atoms with Crippen molar-refractivity contribution in [2.24, 2.45) is 0 Å². The van der Waals surface area contributed by atoms with Crippen molar-refractivity contribution in [3.63, 3.8) is 0 Å². The highest BCUT2D eigenvalue weighted by Crippen LogP contribution is 2.19. The highest BCUT2D eigenvalue weighted by atomic mass is 79.9. The molecule has 0 aromatic heterocycles. The molecule has 0 aliphatic carbocycles. The molecule has 1 fully saturated rings. The summed E-state index contributed by atoms with van der Waals surface area (Å²) < 4.78 is 36.8. The molecule has 1 aromatic rings. The second-order valence-electron chi connectivity index (χ2n) is 4.68. The summed E-state index contributed by atoms with van der Waals surface area (Å²) in [5.41, 5.74) is 0.863. The van der Waals surface area contributed by atoms with Gasteiger partial charge in [-0.2, -0.15) is 0 Å². The maximum Gasteiger partial charge on any atom is 0.153 e. The second kappa shape index (κ2) is 5.27. The van der Waals surface area contributed by atoms with E-state index in [0.717, 1.165) is 5.56 Å². The molecule has 0 amide bonds. The Morgan fingerprint density at radius 3 is 2.83 bits per heavy atom. The van der Waals surface area contributed by atoms with Crippen molar-refractivity contribution in [3.05, 3.63) is 34.1 Å². The molecule has 0 saturated carbocycles. The number of rotatable bonds is 2. The Morgan fingerprint density at radius 2 is 2.22 bits per heavy atom. The zero-order valence-electron chi connectivity index (χ0n) is 10.1. The van der Waals surface area contributed by atoms with Gasteiger partial charge in [0.05, 0.1) is 16.0 Å². The summed E-state index contributed by atoms with van der Waals surface area (Å²) >= 11 is 3.11. The minimum atomic E-state index is -2.90. The third-order valence-corrected chi connectivity index (χ3v) is 5.62. The summed E-state index contributed by atoms with van der Waals surface area (Å²) in [6, 6.07) is 4.99. The van der Waals surface area contributed by atoms with E-state index in [1.54, 1.807) is 6.07 Å². The molecule has 0 N–H and O–H groups in total. The van der Waals surface area contributed by atoms with Crippen molar-refractivity contribution in [1.29, 1.82) is 0 Å². The topological polar surface area (TPSA) is 37.4 Å². The Hall–Kier alpha value is -0.460. The van der Waals surface area contributed by atoms with E-state index in [2.05, 4.69) is 20.8 Å². The van der Waals surface area contributed by atoms with Crippen LogP contribution in [0, 0.1) is 5.82 Å². The smallest absolute Gasteiger partial charge is 0.153 e. The van der Waals surface area contributed by atoms with E-state index in [9.17, 15) is 12.8 Å². The molecule has 0 bridgehead atoms. The number of hydrogen-bond acceptors (Lipinski definition) is 3. The predicted molar refractivity (Wildman–Crippen MR) is 72.6 cm³/mol. The summed E-state index contributed by atoms with van der Waals surface area (Å²) in [6.07, 6.45) is 0. The van der Waals surface area contributed by atoms with Gasteiger partial charge in [0.1, 0.15) is 5.82 Å². The van der Waals surface area contributed by atoms with Gasteiger partial charge in [-0.25, -0.2) is 12.8 Å². The van der Waals surface area contributed by atoms with Crippen LogP contribution in [0.1, 0.15) is 12.5 Å². The van der Waals surface area contributed by atoms with E-state index in [-0.39, 0.29) is 23.4 Å². The summed E-state index contributed by atoms with van der Waals surface area (Å²) in [4.78, 5) is 2.07. The molecule has 0 radical (unpaired) electrons. The zero-order chi connectivity index (χ0) is 13.3. The summed E-state index contributed by atoms with van der Waals surface area (Å²) in [5.74, 6) is 0.0901. The van der Waals surface area contributed by atoms with Gasteiger partial charge in [-0.1, -0.05) is 6.07 Å². The fourth-order valence-corrected chi connectivity index (χ4v) is 4.01. The van der Waals surface area contributed by atoms with Crippen LogP contribution in [0.25, 0.3) is 0 Å². The zero-order valence-corrected chi connectivity index (χ0v) is 12.5. The van der Waals surface area contributed by atoms with Crippen molar-refractivity contribution < 1.29 is 12.8 Å². The van der Waals surface area contributed by atoms with Gasteiger partial charge in [0.2, 0.25) is 0 Å². The molecule has 1 saturated heterocycles. The van der Waals surface area contributed by atoms with E-state index >= 15 is 0 Å². The molecule has 3 nitrogen and oxygen atoms in total. The number of benzene rings is 1. The normalized spacial score (nSPS) is 24.1. The Labute approximate surface area is 115 Å². The summed E-state index contributed by atoms with van der Waals surface area (Å²) in [7, 11) is -2.90. The molecular weight excluding hydrogens is 321 g/mol. The molecule has 1 heterocycles. The SMILES string of the molecule is C[C@H]1CS(=O)(=O)CCN1Cc1ccc(Br)c(F)c1. The van der Waals surface area contributed by atoms with Crippen LogP contribution in [0.2, 0.25) is 0 Å². The Bertz CT molecular complexity index is 547. The average molecular weight is 336 g/mol. The molecule has 0 spiro atoms. The van der Waals surface area contributed by atoms with E-state index in [1.165, 1.54) is 6.07 Å². The molecule has 100 valence electrons. The fraction of sp³-hybridized carbons (Fsp3) is 0.500. The van der Waals surface area contributed by atoms with Crippen molar-refractivity contribution in [2.75, 3.05) is 18.1 Å². The molecule has 1 aromatic carbocycles. The molecule has 1 aliphatic rings. The lowest BCUT2D eigenvalue weighted by molar-refractivity contribution is 0.218. The van der Waals surface area contributed by atoms with Gasteiger partial charge in [-0.05, 0) is 40.5 Å². The van der Waals surface area contributed by atoms with E-state index in [1.807, 2.05) is 13.0 Å². The monoisotopic (exact) mass is 335 g/mol. The predicted octanol–water partition coefficient (Wildman–Crippen LogP) is 2.21. The van der Waals surface area contributed by atoms with Crippen molar-refractivity contribution >= 4 is 25.8 Å². The Kier molecular flexibility index (Phi) is 4.08. The van der Waals surface area contributed by atoms with Crippen LogP contribution in [-0.2, 0) is 16.4 Å². The maximum atomic E-state index is 13.4. The van der Waals surface area contributed by atoms with Gasteiger partial charge >= 0.3 is 0 Å². The van der Waals surface area contributed by atoms with E-state index < -0.39 is 9.84 Å². The van der Waals surface area contributed by atoms with Gasteiger partial charge in [0.25, 0.3) is 0 Å². The first-order chi connectivity index (χ1) is 8.37. The van der Waals surface area contributed by atoms with Crippen molar-refractivity contribution in [2.45, 2.75) is 19.5 Å². The summed E-state index contributed by atoms with van der Waals surface area (Å²) in [6.45, 7) is 2.99. The van der Waals surface area contributed by atoms with Crippen molar-refractivity contribution in [3.8, 4) is 0 Å². The minimum Gasteiger partial charge on any atom is -0.294 e.